The number of carbonyl (C=O) groups is 2. The molecule has 3 aromatic rings. The maximum atomic E-state index is 13.0. The van der Waals surface area contributed by atoms with Gasteiger partial charge >= 0.3 is 0 Å². The molecule has 4 rings (SSSR count). The van der Waals surface area contributed by atoms with E-state index in [9.17, 15) is 9.59 Å². The van der Waals surface area contributed by atoms with Gasteiger partial charge in [0, 0.05) is 56.5 Å². The van der Waals surface area contributed by atoms with Crippen molar-refractivity contribution >= 4 is 28.5 Å². The van der Waals surface area contributed by atoms with Crippen molar-refractivity contribution in [2.24, 2.45) is 5.92 Å². The lowest BCUT2D eigenvalue weighted by Crippen LogP contribution is -2.43. The van der Waals surface area contributed by atoms with Crippen molar-refractivity contribution in [1.29, 1.82) is 0 Å². The number of fused-ring (bicyclic) bond motifs is 1. The first-order valence-corrected chi connectivity index (χ1v) is 12.1. The summed E-state index contributed by atoms with van der Waals surface area (Å²) in [6.45, 7) is 9.35. The minimum Gasteiger partial charge on any atom is -0.352 e. The van der Waals surface area contributed by atoms with Gasteiger partial charge < -0.3 is 20.1 Å². The van der Waals surface area contributed by atoms with Crippen LogP contribution in [0.1, 0.15) is 49.7 Å². The van der Waals surface area contributed by atoms with Gasteiger partial charge in [-0.1, -0.05) is 6.07 Å². The van der Waals surface area contributed by atoms with Crippen molar-refractivity contribution in [3.8, 4) is 0 Å². The standard InChI is InChI=1S/C26H34N6O2/c1-18(2)31-11-6-7-20(16-31)15-28-26(34)21-13-23-25(24(14-21)30-19(3)33)32(17-29-23)12-9-22-8-4-5-10-27-22/h4-5,8,10,13-14,17-18,20H,6-7,9,11-12,15-16H2,1-3H3,(H,28,34)(H,30,33)/t20-/m1/s1. The molecule has 34 heavy (non-hydrogen) atoms. The van der Waals surface area contributed by atoms with Crippen LogP contribution in [0.3, 0.4) is 0 Å². The predicted molar refractivity (Wildman–Crippen MR) is 134 cm³/mol. The third kappa shape index (κ3) is 5.80. The highest BCUT2D eigenvalue weighted by molar-refractivity contribution is 6.05. The lowest BCUT2D eigenvalue weighted by molar-refractivity contribution is -0.114. The van der Waals surface area contributed by atoms with E-state index in [1.807, 2.05) is 22.8 Å². The van der Waals surface area contributed by atoms with E-state index in [4.69, 9.17) is 0 Å². The maximum Gasteiger partial charge on any atom is 0.251 e. The molecule has 0 unspecified atom stereocenters. The number of pyridine rings is 1. The molecule has 0 saturated carbocycles. The Labute approximate surface area is 200 Å². The van der Waals surface area contributed by atoms with Gasteiger partial charge in [-0.25, -0.2) is 4.98 Å². The van der Waals surface area contributed by atoms with E-state index in [1.54, 1.807) is 24.7 Å². The third-order valence-corrected chi connectivity index (χ3v) is 6.45. The highest BCUT2D eigenvalue weighted by Crippen LogP contribution is 2.26. The normalized spacial score (nSPS) is 16.6. The van der Waals surface area contributed by atoms with Crippen LogP contribution in [0.25, 0.3) is 11.0 Å². The van der Waals surface area contributed by atoms with Crippen molar-refractivity contribution < 1.29 is 9.59 Å². The molecule has 1 saturated heterocycles. The zero-order valence-corrected chi connectivity index (χ0v) is 20.3. The average Bonchev–Trinajstić information content (AvgIpc) is 3.25. The molecular weight excluding hydrogens is 428 g/mol. The maximum absolute atomic E-state index is 13.0. The van der Waals surface area contributed by atoms with Crippen LogP contribution in [0.2, 0.25) is 0 Å². The molecular formula is C26H34N6O2. The van der Waals surface area contributed by atoms with E-state index in [0.29, 0.717) is 41.8 Å². The predicted octanol–water partition coefficient (Wildman–Crippen LogP) is 3.48. The van der Waals surface area contributed by atoms with Crippen LogP contribution in [-0.4, -0.2) is 56.9 Å². The highest BCUT2D eigenvalue weighted by Gasteiger charge is 2.22. The van der Waals surface area contributed by atoms with Crippen LogP contribution in [0.4, 0.5) is 5.69 Å². The lowest BCUT2D eigenvalue weighted by atomic mass is 9.97. The van der Waals surface area contributed by atoms with E-state index in [-0.39, 0.29) is 11.8 Å². The highest BCUT2D eigenvalue weighted by atomic mass is 16.2. The van der Waals surface area contributed by atoms with Gasteiger partial charge in [0.1, 0.15) is 0 Å². The fourth-order valence-corrected chi connectivity index (χ4v) is 4.65. The minimum atomic E-state index is -0.188. The Bertz CT molecular complexity index is 1140. The molecule has 0 radical (unpaired) electrons. The van der Waals surface area contributed by atoms with Gasteiger partial charge in [-0.2, -0.15) is 0 Å². The number of benzene rings is 1. The number of hydrogen-bond donors (Lipinski definition) is 2. The average molecular weight is 463 g/mol. The molecule has 0 spiro atoms. The molecule has 1 atom stereocenters. The summed E-state index contributed by atoms with van der Waals surface area (Å²) >= 11 is 0. The molecule has 1 aliphatic heterocycles. The van der Waals surface area contributed by atoms with Crippen molar-refractivity contribution in [3.63, 3.8) is 0 Å². The van der Waals surface area contributed by atoms with Gasteiger partial charge in [0.25, 0.3) is 5.91 Å². The summed E-state index contributed by atoms with van der Waals surface area (Å²) in [6, 6.07) is 9.92. The van der Waals surface area contributed by atoms with Crippen LogP contribution < -0.4 is 10.6 Å². The first kappa shape index (κ1) is 23.9. The summed E-state index contributed by atoms with van der Waals surface area (Å²) in [5.41, 5.74) is 3.57. The van der Waals surface area contributed by atoms with E-state index >= 15 is 0 Å². The molecule has 1 aliphatic rings. The summed E-state index contributed by atoms with van der Waals surface area (Å²) in [4.78, 5) is 36.3. The van der Waals surface area contributed by atoms with Crippen LogP contribution >= 0.6 is 0 Å². The molecule has 1 fully saturated rings. The number of amides is 2. The number of nitrogens with zero attached hydrogens (tertiary/aromatic N) is 4. The minimum absolute atomic E-state index is 0.141. The van der Waals surface area contributed by atoms with Crippen LogP contribution in [0.5, 0.6) is 0 Å². The Morgan fingerprint density at radius 2 is 2.06 bits per heavy atom. The summed E-state index contributed by atoms with van der Waals surface area (Å²) in [5, 5.41) is 6.00. The fourth-order valence-electron chi connectivity index (χ4n) is 4.65. The zero-order valence-electron chi connectivity index (χ0n) is 20.3. The Balaban J connectivity index is 1.50. The van der Waals surface area contributed by atoms with Crippen molar-refractivity contribution in [3.05, 3.63) is 54.1 Å². The van der Waals surface area contributed by atoms with Gasteiger partial charge in [-0.15, -0.1) is 0 Å². The Kier molecular flexibility index (Phi) is 7.57. The Morgan fingerprint density at radius 1 is 1.21 bits per heavy atom. The molecule has 2 aromatic heterocycles. The van der Waals surface area contributed by atoms with E-state index in [1.165, 1.54) is 6.92 Å². The quantitative estimate of drug-likeness (QED) is 0.535. The summed E-state index contributed by atoms with van der Waals surface area (Å²) < 4.78 is 2.00. The molecule has 2 N–H and O–H groups in total. The second kappa shape index (κ2) is 10.8. The number of aromatic nitrogens is 3. The Morgan fingerprint density at radius 3 is 2.79 bits per heavy atom. The fraction of sp³-hybridized carbons (Fsp3) is 0.462. The number of imidazole rings is 1. The molecule has 2 amide bonds. The lowest BCUT2D eigenvalue weighted by Gasteiger charge is -2.35. The van der Waals surface area contributed by atoms with E-state index in [2.05, 4.69) is 39.3 Å². The number of rotatable bonds is 8. The number of nitrogens with one attached hydrogen (secondary N) is 2. The third-order valence-electron chi connectivity index (χ3n) is 6.45. The molecule has 180 valence electrons. The SMILES string of the molecule is CC(=O)Nc1cc(C(=O)NC[C@H]2CCCN(C(C)C)C2)cc2ncn(CCc3ccccn3)c12. The van der Waals surface area contributed by atoms with Crippen molar-refractivity contribution in [1.82, 2.24) is 24.8 Å². The topological polar surface area (TPSA) is 92.2 Å². The molecule has 8 nitrogen and oxygen atoms in total. The second-order valence-corrected chi connectivity index (χ2v) is 9.39. The largest absolute Gasteiger partial charge is 0.352 e. The number of anilines is 1. The molecule has 0 aliphatic carbocycles. The van der Waals surface area contributed by atoms with Crippen LogP contribution in [-0.2, 0) is 17.8 Å². The van der Waals surface area contributed by atoms with Crippen molar-refractivity contribution in [2.75, 3.05) is 25.0 Å². The van der Waals surface area contributed by atoms with Crippen LogP contribution in [0, 0.1) is 5.92 Å². The molecule has 1 aromatic carbocycles. The molecule has 3 heterocycles. The summed E-state index contributed by atoms with van der Waals surface area (Å²) in [5.74, 6) is 0.120. The number of likely N-dealkylation sites (tertiary alicyclic amines) is 1. The van der Waals surface area contributed by atoms with Gasteiger partial charge in [0.15, 0.2) is 0 Å². The van der Waals surface area contributed by atoms with Gasteiger partial charge in [-0.3, -0.25) is 14.6 Å². The molecule has 8 heteroatoms. The van der Waals surface area contributed by atoms with E-state index < -0.39 is 0 Å². The van der Waals surface area contributed by atoms with E-state index in [0.717, 1.165) is 43.6 Å². The smallest absolute Gasteiger partial charge is 0.251 e. The van der Waals surface area contributed by atoms with Gasteiger partial charge in [0.2, 0.25) is 5.91 Å². The number of piperidine rings is 1. The zero-order chi connectivity index (χ0) is 24.1. The molecule has 0 bridgehead atoms. The summed E-state index contributed by atoms with van der Waals surface area (Å²) in [6.07, 6.45) is 6.56. The second-order valence-electron chi connectivity index (χ2n) is 9.39. The van der Waals surface area contributed by atoms with Crippen molar-refractivity contribution in [2.45, 2.75) is 52.6 Å². The number of hydrogen-bond acceptors (Lipinski definition) is 5. The van der Waals surface area contributed by atoms with Gasteiger partial charge in [0.05, 0.1) is 23.0 Å². The first-order chi connectivity index (χ1) is 16.4. The number of carbonyl (C=O) groups excluding carboxylic acids is 2. The first-order valence-electron chi connectivity index (χ1n) is 12.1. The van der Waals surface area contributed by atoms with Crippen LogP contribution in [0.15, 0.2) is 42.9 Å². The van der Waals surface area contributed by atoms with Gasteiger partial charge in [-0.05, 0) is 63.4 Å². The Hall–Kier alpha value is -3.26. The summed E-state index contributed by atoms with van der Waals surface area (Å²) in [7, 11) is 0. The number of aryl methyl sites for hydroxylation is 2. The monoisotopic (exact) mass is 462 g/mol.